The summed E-state index contributed by atoms with van der Waals surface area (Å²) >= 11 is 0. The number of nitrogens with one attached hydrogen (secondary N) is 1. The molecule has 0 bridgehead atoms. The van der Waals surface area contributed by atoms with Gasteiger partial charge in [0.2, 0.25) is 0 Å². The second-order valence-corrected chi connectivity index (χ2v) is 5.02. The first-order valence-electron chi connectivity index (χ1n) is 6.61. The van der Waals surface area contributed by atoms with Crippen LogP contribution in [-0.2, 0) is 0 Å². The summed E-state index contributed by atoms with van der Waals surface area (Å²) in [6, 6.07) is 14.3. The van der Waals surface area contributed by atoms with Gasteiger partial charge in [0.25, 0.3) is 0 Å². The zero-order chi connectivity index (χ0) is 13.9. The van der Waals surface area contributed by atoms with E-state index >= 15 is 0 Å². The zero-order valence-corrected chi connectivity index (χ0v) is 11.4. The van der Waals surface area contributed by atoms with Gasteiger partial charge in [-0.05, 0) is 34.0 Å². The third-order valence-corrected chi connectivity index (χ3v) is 3.20. The number of rotatable bonds is 4. The van der Waals surface area contributed by atoms with Crippen LogP contribution in [-0.4, -0.2) is 25.3 Å². The number of hydrogen-bond donors (Lipinski definition) is 1. The summed E-state index contributed by atoms with van der Waals surface area (Å²) in [5.41, 5.74) is 1.87. The van der Waals surface area contributed by atoms with E-state index in [2.05, 4.69) is 51.9 Å². The molecule has 0 saturated carbocycles. The summed E-state index contributed by atoms with van der Waals surface area (Å²) in [7, 11) is 0. The molecule has 3 aromatic rings. The number of tetrazole rings is 1. The summed E-state index contributed by atoms with van der Waals surface area (Å²) in [6.45, 7) is 4.36. The standard InChI is InChI=1S/C14H16N6/c1-10(2)14(11-6-4-3-5-7-11)15-12-8-9-13-16-18-19-20(13)17-12/h3-10,14H,1-2H3,(H,15,17). The molecule has 0 radical (unpaired) electrons. The maximum atomic E-state index is 4.35. The van der Waals surface area contributed by atoms with E-state index in [0.717, 1.165) is 5.82 Å². The minimum absolute atomic E-state index is 0.192. The van der Waals surface area contributed by atoms with Gasteiger partial charge in [0, 0.05) is 0 Å². The van der Waals surface area contributed by atoms with Crippen molar-refractivity contribution in [3.63, 3.8) is 0 Å². The van der Waals surface area contributed by atoms with Gasteiger partial charge in [0.15, 0.2) is 5.65 Å². The average Bonchev–Trinajstić information content (AvgIpc) is 2.93. The van der Waals surface area contributed by atoms with E-state index in [1.807, 2.05) is 30.3 Å². The van der Waals surface area contributed by atoms with E-state index < -0.39 is 0 Å². The van der Waals surface area contributed by atoms with Gasteiger partial charge in [0.05, 0.1) is 6.04 Å². The highest BCUT2D eigenvalue weighted by Crippen LogP contribution is 2.25. The van der Waals surface area contributed by atoms with Crippen molar-refractivity contribution in [2.45, 2.75) is 19.9 Å². The van der Waals surface area contributed by atoms with Gasteiger partial charge in [-0.3, -0.25) is 0 Å². The Morgan fingerprint density at radius 1 is 1.05 bits per heavy atom. The Labute approximate surface area is 116 Å². The molecule has 6 nitrogen and oxygen atoms in total. The number of hydrogen-bond acceptors (Lipinski definition) is 5. The number of benzene rings is 1. The molecule has 6 heteroatoms. The third kappa shape index (κ3) is 2.45. The van der Waals surface area contributed by atoms with E-state index in [1.165, 1.54) is 10.2 Å². The predicted molar refractivity (Wildman–Crippen MR) is 76.2 cm³/mol. The minimum atomic E-state index is 0.192. The second kappa shape index (κ2) is 5.24. The zero-order valence-electron chi connectivity index (χ0n) is 11.4. The van der Waals surface area contributed by atoms with Crippen molar-refractivity contribution in [2.24, 2.45) is 5.92 Å². The summed E-state index contributed by atoms with van der Waals surface area (Å²) in [6.07, 6.45) is 0. The molecule has 1 atom stereocenters. The smallest absolute Gasteiger partial charge is 0.200 e. The number of nitrogens with zero attached hydrogens (tertiary/aromatic N) is 5. The molecular formula is C14H16N6. The first kappa shape index (κ1) is 12.5. The molecule has 1 unspecified atom stereocenters. The molecule has 3 rings (SSSR count). The Kier molecular flexibility index (Phi) is 3.28. The minimum Gasteiger partial charge on any atom is -0.362 e. The molecule has 0 aliphatic heterocycles. The molecule has 0 amide bonds. The van der Waals surface area contributed by atoms with E-state index in [9.17, 15) is 0 Å². The summed E-state index contributed by atoms with van der Waals surface area (Å²) in [4.78, 5) is 0. The van der Waals surface area contributed by atoms with Crippen LogP contribution in [0.15, 0.2) is 42.5 Å². The number of fused-ring (bicyclic) bond motifs is 1. The van der Waals surface area contributed by atoms with Gasteiger partial charge in [-0.2, -0.15) is 0 Å². The lowest BCUT2D eigenvalue weighted by Gasteiger charge is -2.23. The summed E-state index contributed by atoms with van der Waals surface area (Å²) in [5.74, 6) is 1.19. The molecule has 0 spiro atoms. The van der Waals surface area contributed by atoms with Crippen LogP contribution in [0.3, 0.4) is 0 Å². The van der Waals surface area contributed by atoms with Crippen molar-refractivity contribution in [1.82, 2.24) is 25.3 Å². The SMILES string of the molecule is CC(C)C(Nc1ccc2nnnn2n1)c1ccccc1. The lowest BCUT2D eigenvalue weighted by atomic mass is 9.96. The molecular weight excluding hydrogens is 252 g/mol. The highest BCUT2D eigenvalue weighted by molar-refractivity contribution is 5.44. The monoisotopic (exact) mass is 268 g/mol. The van der Waals surface area contributed by atoms with E-state index in [-0.39, 0.29) is 6.04 Å². The Balaban J connectivity index is 1.89. The van der Waals surface area contributed by atoms with E-state index in [0.29, 0.717) is 11.6 Å². The van der Waals surface area contributed by atoms with Crippen LogP contribution in [0, 0.1) is 5.92 Å². The normalized spacial score (nSPS) is 12.8. The fourth-order valence-corrected chi connectivity index (χ4v) is 2.18. The van der Waals surface area contributed by atoms with Crippen molar-refractivity contribution < 1.29 is 0 Å². The Hall–Kier alpha value is -2.50. The maximum absolute atomic E-state index is 4.35. The van der Waals surface area contributed by atoms with Crippen molar-refractivity contribution in [2.75, 3.05) is 5.32 Å². The van der Waals surface area contributed by atoms with Crippen LogP contribution in [0.5, 0.6) is 0 Å². The van der Waals surface area contributed by atoms with Crippen molar-refractivity contribution in [3.8, 4) is 0 Å². The molecule has 1 N–H and O–H groups in total. The molecule has 0 saturated heterocycles. The molecule has 2 aromatic heterocycles. The fourth-order valence-electron chi connectivity index (χ4n) is 2.18. The molecule has 0 fully saturated rings. The van der Waals surface area contributed by atoms with Crippen LogP contribution in [0.25, 0.3) is 5.65 Å². The van der Waals surface area contributed by atoms with E-state index in [4.69, 9.17) is 0 Å². The Morgan fingerprint density at radius 2 is 1.85 bits per heavy atom. The molecule has 2 heterocycles. The topological polar surface area (TPSA) is 68.0 Å². The average molecular weight is 268 g/mol. The van der Waals surface area contributed by atoms with Crippen molar-refractivity contribution in [3.05, 3.63) is 48.0 Å². The lowest BCUT2D eigenvalue weighted by Crippen LogP contribution is -2.18. The highest BCUT2D eigenvalue weighted by Gasteiger charge is 2.16. The van der Waals surface area contributed by atoms with Crippen molar-refractivity contribution in [1.29, 1.82) is 0 Å². The van der Waals surface area contributed by atoms with Gasteiger partial charge in [-0.25, -0.2) is 0 Å². The van der Waals surface area contributed by atoms with Gasteiger partial charge >= 0.3 is 0 Å². The maximum Gasteiger partial charge on any atom is 0.200 e. The number of aromatic nitrogens is 5. The van der Waals surface area contributed by atoms with Crippen LogP contribution < -0.4 is 5.32 Å². The summed E-state index contributed by atoms with van der Waals surface area (Å²) in [5, 5.41) is 19.0. The summed E-state index contributed by atoms with van der Waals surface area (Å²) < 4.78 is 1.42. The van der Waals surface area contributed by atoms with Crippen molar-refractivity contribution >= 4 is 11.5 Å². The van der Waals surface area contributed by atoms with Gasteiger partial charge in [-0.15, -0.1) is 14.8 Å². The van der Waals surface area contributed by atoms with Gasteiger partial charge in [-0.1, -0.05) is 44.2 Å². The fraction of sp³-hybridized carbons (Fsp3) is 0.286. The Morgan fingerprint density at radius 3 is 2.60 bits per heavy atom. The van der Waals surface area contributed by atoms with Crippen LogP contribution in [0.4, 0.5) is 5.82 Å². The first-order valence-corrected chi connectivity index (χ1v) is 6.61. The van der Waals surface area contributed by atoms with Crippen LogP contribution >= 0.6 is 0 Å². The predicted octanol–water partition coefficient (Wildman–Crippen LogP) is 2.33. The molecule has 0 aliphatic rings. The highest BCUT2D eigenvalue weighted by atomic mass is 15.6. The van der Waals surface area contributed by atoms with Gasteiger partial charge in [0.1, 0.15) is 5.82 Å². The van der Waals surface area contributed by atoms with Gasteiger partial charge < -0.3 is 5.32 Å². The molecule has 1 aromatic carbocycles. The Bertz CT molecular complexity index is 691. The second-order valence-electron chi connectivity index (χ2n) is 5.02. The van der Waals surface area contributed by atoms with Crippen LogP contribution in [0.1, 0.15) is 25.5 Å². The molecule has 0 aliphatic carbocycles. The first-order chi connectivity index (χ1) is 9.74. The van der Waals surface area contributed by atoms with E-state index in [1.54, 1.807) is 0 Å². The lowest BCUT2D eigenvalue weighted by molar-refractivity contribution is 0.542. The molecule has 102 valence electrons. The third-order valence-electron chi connectivity index (χ3n) is 3.20. The number of anilines is 1. The quantitative estimate of drug-likeness (QED) is 0.786. The largest absolute Gasteiger partial charge is 0.362 e. The van der Waals surface area contributed by atoms with Crippen LogP contribution in [0.2, 0.25) is 0 Å². The molecule has 20 heavy (non-hydrogen) atoms.